The lowest BCUT2D eigenvalue weighted by molar-refractivity contribution is -0.161. The first kappa shape index (κ1) is 44.5. The zero-order valence-electron chi connectivity index (χ0n) is 30.2. The summed E-state index contributed by atoms with van der Waals surface area (Å²) in [5.41, 5.74) is 5.33. The Bertz CT molecular complexity index is 913. The first-order valence-electron chi connectivity index (χ1n) is 18.9. The van der Waals surface area contributed by atoms with Gasteiger partial charge in [0.15, 0.2) is 6.10 Å². The maximum Gasteiger partial charge on any atom is 0.472 e. The second kappa shape index (κ2) is 30.3. The first-order valence-corrected chi connectivity index (χ1v) is 20.4. The van der Waals surface area contributed by atoms with E-state index in [2.05, 4.69) is 38.2 Å². The fourth-order valence-electron chi connectivity index (χ4n) is 5.27. The number of carbonyl (C=O) groups is 2. The maximum absolute atomic E-state index is 12.5. The standard InChI is InChI=1S/C37H68NO9P/c1-3-5-7-9-11-12-13-14-15-19-23-27-36(39)43-31-33(32-45-48(41,42)44-30-29-38)46-37(40)28-24-20-16-18-22-26-35-34(47-35)25-21-17-10-8-6-4-2/h9,11,17,21,33-35H,3-8,10,12-16,18-20,22-32,38H2,1-2H3,(H,41,42)/b11-9-,21-17-/t33-,34?,35?/m1/s1. The molecule has 10 nitrogen and oxygen atoms in total. The van der Waals surface area contributed by atoms with E-state index in [0.717, 1.165) is 89.9 Å². The van der Waals surface area contributed by atoms with Gasteiger partial charge in [0.1, 0.15) is 6.61 Å². The quantitative estimate of drug-likeness (QED) is 0.0219. The lowest BCUT2D eigenvalue weighted by Gasteiger charge is -2.19. The Kier molecular flexibility index (Phi) is 28.1. The van der Waals surface area contributed by atoms with Crippen LogP contribution in [0.1, 0.15) is 155 Å². The monoisotopic (exact) mass is 701 g/mol. The van der Waals surface area contributed by atoms with Gasteiger partial charge in [-0.1, -0.05) is 109 Å². The van der Waals surface area contributed by atoms with Crippen molar-refractivity contribution < 1.29 is 42.3 Å². The highest BCUT2D eigenvalue weighted by atomic mass is 31.2. The van der Waals surface area contributed by atoms with Gasteiger partial charge in [-0.25, -0.2) is 4.57 Å². The van der Waals surface area contributed by atoms with Crippen molar-refractivity contribution in [2.45, 2.75) is 173 Å². The highest BCUT2D eigenvalue weighted by molar-refractivity contribution is 7.47. The summed E-state index contributed by atoms with van der Waals surface area (Å²) in [6, 6.07) is 0. The number of carbonyl (C=O) groups excluding carboxylic acids is 2. The fourth-order valence-corrected chi connectivity index (χ4v) is 6.03. The van der Waals surface area contributed by atoms with Crippen LogP contribution >= 0.6 is 7.82 Å². The molecule has 0 spiro atoms. The van der Waals surface area contributed by atoms with Gasteiger partial charge < -0.3 is 24.8 Å². The molecule has 48 heavy (non-hydrogen) atoms. The normalized spacial score (nSPS) is 17.9. The summed E-state index contributed by atoms with van der Waals surface area (Å²) < 4.78 is 38.4. The number of allylic oxidation sites excluding steroid dienone is 3. The van der Waals surface area contributed by atoms with E-state index in [-0.39, 0.29) is 32.6 Å². The number of rotatable bonds is 34. The molecule has 1 rings (SSSR count). The van der Waals surface area contributed by atoms with Gasteiger partial charge >= 0.3 is 19.8 Å². The van der Waals surface area contributed by atoms with Gasteiger partial charge in [0.25, 0.3) is 0 Å². The number of hydrogen-bond acceptors (Lipinski definition) is 9. The molecule has 1 aliphatic heterocycles. The van der Waals surface area contributed by atoms with Crippen molar-refractivity contribution in [2.75, 3.05) is 26.4 Å². The molecule has 11 heteroatoms. The second-order valence-corrected chi connectivity index (χ2v) is 14.3. The van der Waals surface area contributed by atoms with E-state index in [4.69, 9.17) is 29.0 Å². The molecule has 0 aromatic rings. The number of hydrogen-bond donors (Lipinski definition) is 2. The van der Waals surface area contributed by atoms with E-state index < -0.39 is 32.5 Å². The van der Waals surface area contributed by atoms with E-state index in [1.165, 1.54) is 32.1 Å². The maximum atomic E-state index is 12.5. The number of unbranched alkanes of at least 4 members (excludes halogenated alkanes) is 14. The average molecular weight is 702 g/mol. The minimum Gasteiger partial charge on any atom is -0.462 e. The number of esters is 2. The van der Waals surface area contributed by atoms with Crippen molar-refractivity contribution in [1.29, 1.82) is 0 Å². The largest absolute Gasteiger partial charge is 0.472 e. The Morgan fingerprint density at radius 2 is 1.31 bits per heavy atom. The van der Waals surface area contributed by atoms with Gasteiger partial charge in [0, 0.05) is 19.4 Å². The molecular formula is C37H68NO9P. The molecule has 3 unspecified atom stereocenters. The molecule has 1 fully saturated rings. The molecule has 4 atom stereocenters. The third-order valence-corrected chi connectivity index (χ3v) is 9.22. The summed E-state index contributed by atoms with van der Waals surface area (Å²) in [6.45, 7) is 3.60. The van der Waals surface area contributed by atoms with Crippen molar-refractivity contribution in [3.8, 4) is 0 Å². The Hall–Kier alpha value is -1.55. The van der Waals surface area contributed by atoms with Crippen LogP contribution in [-0.4, -0.2) is 61.5 Å². The van der Waals surface area contributed by atoms with Crippen molar-refractivity contribution in [2.24, 2.45) is 5.73 Å². The lowest BCUT2D eigenvalue weighted by atomic mass is 10.1. The third-order valence-electron chi connectivity index (χ3n) is 8.23. The summed E-state index contributed by atoms with van der Waals surface area (Å²) in [5, 5.41) is 0. The van der Waals surface area contributed by atoms with Crippen LogP contribution in [0.2, 0.25) is 0 Å². The zero-order valence-corrected chi connectivity index (χ0v) is 31.1. The van der Waals surface area contributed by atoms with Gasteiger partial charge in [-0.15, -0.1) is 0 Å². The van der Waals surface area contributed by atoms with E-state index in [9.17, 15) is 19.0 Å². The molecule has 0 aromatic carbocycles. The minimum absolute atomic E-state index is 0.0474. The molecule has 1 saturated heterocycles. The molecular weight excluding hydrogens is 633 g/mol. The van der Waals surface area contributed by atoms with Crippen LogP contribution in [0, 0.1) is 0 Å². The molecule has 0 aromatic heterocycles. The number of epoxide rings is 1. The van der Waals surface area contributed by atoms with E-state index in [1.54, 1.807) is 0 Å². The van der Waals surface area contributed by atoms with Crippen molar-refractivity contribution in [3.63, 3.8) is 0 Å². The fraction of sp³-hybridized carbons (Fsp3) is 0.838. The number of phosphoric ester groups is 1. The van der Waals surface area contributed by atoms with Crippen LogP contribution in [-0.2, 0) is 37.4 Å². The SMILES string of the molecule is CCCC/C=C\CCCCCCCC(=O)OC[C@H](COP(=O)(O)OCCN)OC(=O)CCCCCCCC1OC1C/C=C\CCCCC. The predicted octanol–water partition coefficient (Wildman–Crippen LogP) is 9.04. The molecule has 1 aliphatic rings. The summed E-state index contributed by atoms with van der Waals surface area (Å²) in [5.74, 6) is -0.865. The molecule has 0 radical (unpaired) electrons. The van der Waals surface area contributed by atoms with Crippen LogP contribution in [0.4, 0.5) is 0 Å². The van der Waals surface area contributed by atoms with Gasteiger partial charge in [0.2, 0.25) is 0 Å². The lowest BCUT2D eigenvalue weighted by Crippen LogP contribution is -2.29. The number of nitrogens with two attached hydrogens (primary N) is 1. The van der Waals surface area contributed by atoms with E-state index >= 15 is 0 Å². The summed E-state index contributed by atoms with van der Waals surface area (Å²) in [6.07, 6.45) is 30.8. The van der Waals surface area contributed by atoms with Crippen LogP contribution < -0.4 is 5.73 Å². The van der Waals surface area contributed by atoms with Crippen molar-refractivity contribution in [3.05, 3.63) is 24.3 Å². The predicted molar refractivity (Wildman–Crippen MR) is 191 cm³/mol. The second-order valence-electron chi connectivity index (χ2n) is 12.8. The van der Waals surface area contributed by atoms with Crippen molar-refractivity contribution in [1.82, 2.24) is 0 Å². The number of ether oxygens (including phenoxy) is 3. The van der Waals surface area contributed by atoms with E-state index in [1.807, 2.05) is 0 Å². The topological polar surface area (TPSA) is 147 Å². The Morgan fingerprint density at radius 3 is 2.00 bits per heavy atom. The zero-order chi connectivity index (χ0) is 35.1. The minimum atomic E-state index is -4.38. The summed E-state index contributed by atoms with van der Waals surface area (Å²) in [7, 11) is -4.38. The average Bonchev–Trinajstić information content (AvgIpc) is 3.82. The van der Waals surface area contributed by atoms with Crippen LogP contribution in [0.25, 0.3) is 0 Å². The third kappa shape index (κ3) is 27.3. The van der Waals surface area contributed by atoms with Crippen molar-refractivity contribution >= 4 is 19.8 Å². The van der Waals surface area contributed by atoms with Gasteiger partial charge in [-0.3, -0.25) is 18.6 Å². The highest BCUT2D eigenvalue weighted by Gasteiger charge is 2.36. The smallest absolute Gasteiger partial charge is 0.462 e. The molecule has 3 N–H and O–H groups in total. The molecule has 0 amide bonds. The van der Waals surface area contributed by atoms with Gasteiger partial charge in [0.05, 0.1) is 25.4 Å². The Morgan fingerprint density at radius 1 is 0.729 bits per heavy atom. The molecule has 1 heterocycles. The molecule has 280 valence electrons. The summed E-state index contributed by atoms with van der Waals surface area (Å²) in [4.78, 5) is 34.7. The number of phosphoric acid groups is 1. The molecule has 0 saturated carbocycles. The first-order chi connectivity index (χ1) is 23.3. The Balaban J connectivity index is 2.24. The van der Waals surface area contributed by atoms with Crippen LogP contribution in [0.5, 0.6) is 0 Å². The molecule has 0 bridgehead atoms. The van der Waals surface area contributed by atoms with E-state index in [0.29, 0.717) is 18.6 Å². The van der Waals surface area contributed by atoms with Crippen LogP contribution in [0.3, 0.4) is 0 Å². The summed E-state index contributed by atoms with van der Waals surface area (Å²) >= 11 is 0. The Labute approximate surface area is 291 Å². The highest BCUT2D eigenvalue weighted by Crippen LogP contribution is 2.43. The van der Waals surface area contributed by atoms with Gasteiger partial charge in [-0.05, 0) is 57.8 Å². The molecule has 0 aliphatic carbocycles. The van der Waals surface area contributed by atoms with Gasteiger partial charge in [-0.2, -0.15) is 0 Å². The van der Waals surface area contributed by atoms with Crippen LogP contribution in [0.15, 0.2) is 24.3 Å².